The SMILES string of the molecule is Fc1cnc(Cl)c(-c2c(Cl)ccc(Cl)c2Cl)c1. The smallest absolute Gasteiger partial charge is 0.142 e. The number of benzene rings is 1. The van der Waals surface area contributed by atoms with Crippen molar-refractivity contribution >= 4 is 46.4 Å². The molecular weight excluding hydrogens is 307 g/mol. The van der Waals surface area contributed by atoms with Crippen LogP contribution in [0.4, 0.5) is 4.39 Å². The first kappa shape index (κ1) is 12.9. The largest absolute Gasteiger partial charge is 0.241 e. The highest BCUT2D eigenvalue weighted by atomic mass is 35.5. The number of nitrogens with zero attached hydrogens (tertiary/aromatic N) is 1. The molecule has 2 aromatic rings. The van der Waals surface area contributed by atoms with Gasteiger partial charge >= 0.3 is 0 Å². The molecule has 0 aliphatic heterocycles. The van der Waals surface area contributed by atoms with Crippen LogP contribution in [0.1, 0.15) is 0 Å². The average molecular weight is 311 g/mol. The van der Waals surface area contributed by atoms with Gasteiger partial charge in [0.15, 0.2) is 0 Å². The summed E-state index contributed by atoms with van der Waals surface area (Å²) in [6.07, 6.45) is 1.01. The van der Waals surface area contributed by atoms with Crippen LogP contribution in [0.2, 0.25) is 20.2 Å². The molecule has 0 atom stereocenters. The monoisotopic (exact) mass is 309 g/mol. The molecule has 88 valence electrons. The number of hydrogen-bond acceptors (Lipinski definition) is 1. The predicted octanol–water partition coefficient (Wildman–Crippen LogP) is 5.50. The van der Waals surface area contributed by atoms with E-state index >= 15 is 0 Å². The van der Waals surface area contributed by atoms with E-state index in [1.807, 2.05) is 0 Å². The molecule has 0 N–H and O–H groups in total. The number of halogens is 5. The fraction of sp³-hybridized carbons (Fsp3) is 0. The third-order valence-corrected chi connectivity index (χ3v) is 3.54. The van der Waals surface area contributed by atoms with Crippen molar-refractivity contribution < 1.29 is 4.39 Å². The molecule has 0 amide bonds. The fourth-order valence-electron chi connectivity index (χ4n) is 1.37. The Morgan fingerprint density at radius 3 is 2.35 bits per heavy atom. The maximum atomic E-state index is 13.2. The molecule has 0 aliphatic carbocycles. The van der Waals surface area contributed by atoms with E-state index in [-0.39, 0.29) is 10.2 Å². The Labute approximate surface area is 117 Å². The molecule has 0 fully saturated rings. The van der Waals surface area contributed by atoms with Crippen molar-refractivity contribution in [2.75, 3.05) is 0 Å². The maximum Gasteiger partial charge on any atom is 0.142 e. The van der Waals surface area contributed by atoms with Crippen LogP contribution >= 0.6 is 46.4 Å². The van der Waals surface area contributed by atoms with Crippen LogP contribution in [0.3, 0.4) is 0 Å². The Balaban J connectivity index is 2.76. The summed E-state index contributed by atoms with van der Waals surface area (Å²) in [5, 5.41) is 0.964. The summed E-state index contributed by atoms with van der Waals surface area (Å²) in [5.41, 5.74) is 0.682. The van der Waals surface area contributed by atoms with Gasteiger partial charge < -0.3 is 0 Å². The van der Waals surface area contributed by atoms with Gasteiger partial charge in [0.1, 0.15) is 11.0 Å². The summed E-state index contributed by atoms with van der Waals surface area (Å²) >= 11 is 23.8. The third kappa shape index (κ3) is 2.50. The van der Waals surface area contributed by atoms with Gasteiger partial charge in [0.25, 0.3) is 0 Å². The van der Waals surface area contributed by atoms with Crippen LogP contribution in [-0.2, 0) is 0 Å². The minimum Gasteiger partial charge on any atom is -0.241 e. The van der Waals surface area contributed by atoms with E-state index in [4.69, 9.17) is 46.4 Å². The molecule has 17 heavy (non-hydrogen) atoms. The van der Waals surface area contributed by atoms with Gasteiger partial charge in [-0.2, -0.15) is 0 Å². The first-order chi connectivity index (χ1) is 8.00. The topological polar surface area (TPSA) is 12.9 Å². The molecule has 1 aromatic carbocycles. The third-order valence-electron chi connectivity index (χ3n) is 2.12. The van der Waals surface area contributed by atoms with Crippen LogP contribution < -0.4 is 0 Å². The maximum absolute atomic E-state index is 13.2. The normalized spacial score (nSPS) is 10.6. The lowest BCUT2D eigenvalue weighted by Crippen LogP contribution is -1.89. The van der Waals surface area contributed by atoms with E-state index in [2.05, 4.69) is 4.98 Å². The molecule has 2 rings (SSSR count). The summed E-state index contributed by atoms with van der Waals surface area (Å²) in [5.74, 6) is -0.531. The van der Waals surface area contributed by atoms with Gasteiger partial charge in [0, 0.05) is 11.1 Å². The Bertz CT molecular complexity index is 586. The quantitative estimate of drug-likeness (QED) is 0.500. The number of aromatic nitrogens is 1. The Morgan fingerprint density at radius 2 is 1.65 bits per heavy atom. The molecule has 0 spiro atoms. The van der Waals surface area contributed by atoms with E-state index in [1.54, 1.807) is 12.1 Å². The van der Waals surface area contributed by atoms with E-state index in [0.717, 1.165) is 6.20 Å². The van der Waals surface area contributed by atoms with Crippen molar-refractivity contribution in [1.82, 2.24) is 4.98 Å². The average Bonchev–Trinajstić information content (AvgIpc) is 2.29. The number of hydrogen-bond donors (Lipinski definition) is 0. The highest BCUT2D eigenvalue weighted by Gasteiger charge is 2.16. The summed E-state index contributed by atoms with van der Waals surface area (Å²) in [7, 11) is 0. The Hall–Kier alpha value is -0.540. The van der Waals surface area contributed by atoms with Crippen molar-refractivity contribution in [1.29, 1.82) is 0 Å². The van der Waals surface area contributed by atoms with E-state index in [0.29, 0.717) is 21.2 Å². The molecule has 0 saturated carbocycles. The van der Waals surface area contributed by atoms with Crippen molar-refractivity contribution in [3.05, 3.63) is 50.4 Å². The molecule has 0 aliphatic rings. The van der Waals surface area contributed by atoms with E-state index in [9.17, 15) is 4.39 Å². The van der Waals surface area contributed by atoms with Crippen LogP contribution in [0.15, 0.2) is 24.4 Å². The summed E-state index contributed by atoms with van der Waals surface area (Å²) < 4.78 is 13.2. The highest BCUT2D eigenvalue weighted by molar-refractivity contribution is 6.46. The number of rotatable bonds is 1. The Kier molecular flexibility index (Phi) is 3.79. The molecule has 0 unspecified atom stereocenters. The highest BCUT2D eigenvalue weighted by Crippen LogP contribution is 2.41. The van der Waals surface area contributed by atoms with Crippen LogP contribution in [0, 0.1) is 5.82 Å². The molecule has 0 bridgehead atoms. The van der Waals surface area contributed by atoms with Gasteiger partial charge in [-0.05, 0) is 18.2 Å². The summed E-state index contributed by atoms with van der Waals surface area (Å²) in [6, 6.07) is 4.32. The lowest BCUT2D eigenvalue weighted by Gasteiger charge is -2.09. The van der Waals surface area contributed by atoms with Crippen molar-refractivity contribution in [3.8, 4) is 11.1 Å². The minimum atomic E-state index is -0.531. The zero-order valence-electron chi connectivity index (χ0n) is 8.15. The zero-order chi connectivity index (χ0) is 12.6. The van der Waals surface area contributed by atoms with E-state index < -0.39 is 5.82 Å². The Morgan fingerprint density at radius 1 is 1.00 bits per heavy atom. The van der Waals surface area contributed by atoms with E-state index in [1.165, 1.54) is 6.07 Å². The van der Waals surface area contributed by atoms with Crippen molar-refractivity contribution in [2.45, 2.75) is 0 Å². The molecule has 1 aromatic heterocycles. The van der Waals surface area contributed by atoms with Gasteiger partial charge in [-0.15, -0.1) is 0 Å². The summed E-state index contributed by atoms with van der Waals surface area (Å²) in [6.45, 7) is 0. The van der Waals surface area contributed by atoms with Gasteiger partial charge in [0.05, 0.1) is 21.3 Å². The van der Waals surface area contributed by atoms with Crippen LogP contribution in [0.5, 0.6) is 0 Å². The van der Waals surface area contributed by atoms with Gasteiger partial charge in [-0.25, -0.2) is 9.37 Å². The second-order valence-corrected chi connectivity index (χ2v) is 4.76. The first-order valence-electron chi connectivity index (χ1n) is 4.45. The number of pyridine rings is 1. The van der Waals surface area contributed by atoms with Gasteiger partial charge in [-0.3, -0.25) is 0 Å². The molecule has 0 radical (unpaired) electrons. The predicted molar refractivity (Wildman–Crippen MR) is 69.7 cm³/mol. The summed E-state index contributed by atoms with van der Waals surface area (Å²) in [4.78, 5) is 3.70. The molecule has 6 heteroatoms. The first-order valence-corrected chi connectivity index (χ1v) is 5.97. The molecule has 1 heterocycles. The van der Waals surface area contributed by atoms with Crippen LogP contribution in [-0.4, -0.2) is 4.98 Å². The van der Waals surface area contributed by atoms with Crippen LogP contribution in [0.25, 0.3) is 11.1 Å². The second kappa shape index (κ2) is 4.99. The zero-order valence-corrected chi connectivity index (χ0v) is 11.2. The van der Waals surface area contributed by atoms with Gasteiger partial charge in [0.2, 0.25) is 0 Å². The standard InChI is InChI=1S/C11H4Cl4FN/c12-7-1-2-8(13)10(14)9(7)6-3-5(16)4-17-11(6)15/h1-4H. The van der Waals surface area contributed by atoms with Gasteiger partial charge in [-0.1, -0.05) is 46.4 Å². The van der Waals surface area contributed by atoms with Crippen molar-refractivity contribution in [2.24, 2.45) is 0 Å². The molecule has 1 nitrogen and oxygen atoms in total. The molecule has 0 saturated heterocycles. The lowest BCUT2D eigenvalue weighted by molar-refractivity contribution is 0.622. The minimum absolute atomic E-state index is 0.109. The van der Waals surface area contributed by atoms with Crippen molar-refractivity contribution in [3.63, 3.8) is 0 Å². The fourth-order valence-corrected chi connectivity index (χ4v) is 2.30. The lowest BCUT2D eigenvalue weighted by atomic mass is 10.1. The molecular formula is C11H4Cl4FN. The second-order valence-electron chi connectivity index (χ2n) is 3.21.